The van der Waals surface area contributed by atoms with Crippen LogP contribution in [0.3, 0.4) is 0 Å². The van der Waals surface area contributed by atoms with Crippen molar-refractivity contribution in [2.75, 3.05) is 0 Å². The van der Waals surface area contributed by atoms with Crippen LogP contribution in [0.2, 0.25) is 0 Å². The topological polar surface area (TPSA) is 50.2 Å². The van der Waals surface area contributed by atoms with Crippen LogP contribution in [0.4, 0.5) is 4.39 Å². The zero-order chi connectivity index (χ0) is 11.8. The summed E-state index contributed by atoms with van der Waals surface area (Å²) in [5.74, 6) is -0.296. The van der Waals surface area contributed by atoms with Gasteiger partial charge in [0.25, 0.3) is 0 Å². The minimum absolute atomic E-state index is 0.247. The van der Waals surface area contributed by atoms with Crippen molar-refractivity contribution in [2.24, 2.45) is 0 Å². The van der Waals surface area contributed by atoms with Gasteiger partial charge in [0.15, 0.2) is 0 Å². The first-order chi connectivity index (χ1) is 8.24. The lowest BCUT2D eigenvalue weighted by molar-refractivity contribution is 0.628. The molecule has 1 aromatic carbocycles. The summed E-state index contributed by atoms with van der Waals surface area (Å²) in [4.78, 5) is 18.3. The second kappa shape index (κ2) is 3.55. The molecule has 0 saturated heterocycles. The highest BCUT2D eigenvalue weighted by molar-refractivity contribution is 5.62. The molecular formula is C12H8FN3O. The quantitative estimate of drug-likeness (QED) is 0.692. The molecule has 1 N–H and O–H groups in total. The number of benzene rings is 1. The smallest absolute Gasteiger partial charge is 0.314 e. The molecule has 0 spiro atoms. The molecule has 0 aliphatic rings. The predicted octanol–water partition coefficient (Wildman–Crippen LogP) is 1.83. The maximum atomic E-state index is 12.8. The fourth-order valence-electron chi connectivity index (χ4n) is 1.69. The van der Waals surface area contributed by atoms with Gasteiger partial charge in [0, 0.05) is 18.0 Å². The number of halogens is 1. The van der Waals surface area contributed by atoms with E-state index >= 15 is 0 Å². The van der Waals surface area contributed by atoms with Crippen LogP contribution in [0.5, 0.6) is 0 Å². The van der Waals surface area contributed by atoms with Crippen LogP contribution in [0.25, 0.3) is 16.9 Å². The fourth-order valence-corrected chi connectivity index (χ4v) is 1.69. The maximum Gasteiger partial charge on any atom is 0.331 e. The Hall–Kier alpha value is -2.43. The Labute approximate surface area is 95.4 Å². The number of aromatic amines is 1. The van der Waals surface area contributed by atoms with Crippen molar-refractivity contribution in [1.82, 2.24) is 14.4 Å². The summed E-state index contributed by atoms with van der Waals surface area (Å²) < 4.78 is 14.2. The maximum absolute atomic E-state index is 12.8. The SMILES string of the molecule is O=c1[nH]ccc2nc(-c3ccc(F)cc3)cn12. The van der Waals surface area contributed by atoms with Crippen LogP contribution >= 0.6 is 0 Å². The molecule has 0 fully saturated rings. The molecule has 0 saturated carbocycles. The molecule has 2 aromatic heterocycles. The third kappa shape index (κ3) is 1.61. The molecule has 0 atom stereocenters. The van der Waals surface area contributed by atoms with Gasteiger partial charge in [0.1, 0.15) is 11.5 Å². The Balaban J connectivity index is 2.21. The molecule has 0 radical (unpaired) electrons. The number of hydrogen-bond acceptors (Lipinski definition) is 2. The number of nitrogens with one attached hydrogen (secondary N) is 1. The number of nitrogens with zero attached hydrogens (tertiary/aromatic N) is 2. The van der Waals surface area contributed by atoms with Gasteiger partial charge in [-0.2, -0.15) is 0 Å². The number of H-pyrrole nitrogens is 1. The van der Waals surface area contributed by atoms with Crippen molar-refractivity contribution in [1.29, 1.82) is 0 Å². The summed E-state index contributed by atoms with van der Waals surface area (Å²) in [6.07, 6.45) is 3.17. The highest BCUT2D eigenvalue weighted by Gasteiger charge is 2.05. The summed E-state index contributed by atoms with van der Waals surface area (Å²) in [7, 11) is 0. The van der Waals surface area contributed by atoms with Crippen LogP contribution < -0.4 is 5.69 Å². The molecule has 2 heterocycles. The van der Waals surface area contributed by atoms with Crippen molar-refractivity contribution in [3.05, 3.63) is 59.0 Å². The average Bonchev–Trinajstić information content (AvgIpc) is 2.75. The van der Waals surface area contributed by atoms with E-state index in [1.54, 1.807) is 30.6 Å². The minimum Gasteiger partial charge on any atom is -0.314 e. The lowest BCUT2D eigenvalue weighted by atomic mass is 10.2. The van der Waals surface area contributed by atoms with Gasteiger partial charge in [0.2, 0.25) is 0 Å². The third-order valence-corrected chi connectivity index (χ3v) is 2.53. The van der Waals surface area contributed by atoms with E-state index in [2.05, 4.69) is 9.97 Å². The number of hydrogen-bond donors (Lipinski definition) is 1. The number of fused-ring (bicyclic) bond motifs is 1. The molecule has 0 aliphatic heterocycles. The van der Waals surface area contributed by atoms with Gasteiger partial charge in [-0.05, 0) is 30.3 Å². The van der Waals surface area contributed by atoms with E-state index < -0.39 is 0 Å². The highest BCUT2D eigenvalue weighted by atomic mass is 19.1. The number of aromatic nitrogens is 3. The fraction of sp³-hybridized carbons (Fsp3) is 0. The zero-order valence-corrected chi connectivity index (χ0v) is 8.72. The number of rotatable bonds is 1. The first-order valence-corrected chi connectivity index (χ1v) is 5.07. The van der Waals surface area contributed by atoms with Crippen molar-refractivity contribution in [3.8, 4) is 11.3 Å². The summed E-state index contributed by atoms with van der Waals surface area (Å²) in [6, 6.07) is 7.69. The van der Waals surface area contributed by atoms with Gasteiger partial charge in [-0.1, -0.05) is 0 Å². The summed E-state index contributed by atoms with van der Waals surface area (Å²) in [6.45, 7) is 0. The molecule has 0 aliphatic carbocycles. The third-order valence-electron chi connectivity index (χ3n) is 2.53. The Morgan fingerprint density at radius 3 is 2.65 bits per heavy atom. The monoisotopic (exact) mass is 229 g/mol. The van der Waals surface area contributed by atoms with Gasteiger partial charge in [-0.15, -0.1) is 0 Å². The van der Waals surface area contributed by atoms with Gasteiger partial charge >= 0.3 is 5.69 Å². The van der Waals surface area contributed by atoms with Crippen LogP contribution in [0.15, 0.2) is 47.5 Å². The van der Waals surface area contributed by atoms with Crippen molar-refractivity contribution in [3.63, 3.8) is 0 Å². The average molecular weight is 229 g/mol. The van der Waals surface area contributed by atoms with Crippen molar-refractivity contribution < 1.29 is 4.39 Å². The zero-order valence-electron chi connectivity index (χ0n) is 8.72. The molecule has 5 heteroatoms. The van der Waals surface area contributed by atoms with Crippen LogP contribution in [0.1, 0.15) is 0 Å². The number of imidazole rings is 1. The summed E-state index contributed by atoms with van der Waals surface area (Å²) >= 11 is 0. The van der Waals surface area contributed by atoms with Gasteiger partial charge in [-0.3, -0.25) is 4.40 Å². The normalized spacial score (nSPS) is 10.9. The second-order valence-corrected chi connectivity index (χ2v) is 3.64. The summed E-state index contributed by atoms with van der Waals surface area (Å²) in [5.41, 5.74) is 1.73. The van der Waals surface area contributed by atoms with Crippen molar-refractivity contribution in [2.45, 2.75) is 0 Å². The van der Waals surface area contributed by atoms with E-state index in [1.165, 1.54) is 16.5 Å². The molecule has 0 amide bonds. The molecule has 0 bridgehead atoms. The Bertz CT molecular complexity index is 727. The molecule has 3 rings (SSSR count). The van der Waals surface area contributed by atoms with Gasteiger partial charge in [0.05, 0.1) is 5.69 Å². The van der Waals surface area contributed by atoms with Gasteiger partial charge in [-0.25, -0.2) is 14.2 Å². The van der Waals surface area contributed by atoms with Crippen molar-refractivity contribution >= 4 is 5.65 Å². The Morgan fingerprint density at radius 2 is 1.94 bits per heavy atom. The van der Waals surface area contributed by atoms with Crippen LogP contribution in [-0.4, -0.2) is 14.4 Å². The molecular weight excluding hydrogens is 221 g/mol. The van der Waals surface area contributed by atoms with Crippen LogP contribution in [-0.2, 0) is 0 Å². The molecule has 3 aromatic rings. The standard InChI is InChI=1S/C12H8FN3O/c13-9-3-1-8(2-4-9)10-7-16-11(15-10)5-6-14-12(16)17/h1-7H,(H,14,17). The predicted molar refractivity (Wildman–Crippen MR) is 61.2 cm³/mol. The largest absolute Gasteiger partial charge is 0.331 e. The van der Waals surface area contributed by atoms with E-state index in [9.17, 15) is 9.18 Å². The molecule has 0 unspecified atom stereocenters. The van der Waals surface area contributed by atoms with E-state index in [4.69, 9.17) is 0 Å². The van der Waals surface area contributed by atoms with Gasteiger partial charge < -0.3 is 4.98 Å². The molecule has 4 nitrogen and oxygen atoms in total. The van der Waals surface area contributed by atoms with E-state index in [-0.39, 0.29) is 11.5 Å². The van der Waals surface area contributed by atoms with Crippen LogP contribution in [0, 0.1) is 5.82 Å². The molecule has 17 heavy (non-hydrogen) atoms. The van der Waals surface area contributed by atoms with E-state index in [0.29, 0.717) is 11.3 Å². The Morgan fingerprint density at radius 1 is 1.18 bits per heavy atom. The molecule has 84 valence electrons. The minimum atomic E-state index is -0.296. The highest BCUT2D eigenvalue weighted by Crippen LogP contribution is 2.18. The first kappa shape index (κ1) is 9.77. The van der Waals surface area contributed by atoms with E-state index in [1.807, 2.05) is 0 Å². The Kier molecular flexibility index (Phi) is 2.04. The second-order valence-electron chi connectivity index (χ2n) is 3.64. The lowest BCUT2D eigenvalue weighted by Gasteiger charge is -1.94. The van der Waals surface area contributed by atoms with E-state index in [0.717, 1.165) is 5.56 Å². The summed E-state index contributed by atoms with van der Waals surface area (Å²) in [5, 5.41) is 0. The lowest BCUT2D eigenvalue weighted by Crippen LogP contribution is -2.13. The first-order valence-electron chi connectivity index (χ1n) is 5.07.